The van der Waals surface area contributed by atoms with E-state index < -0.39 is 0 Å². The molecule has 0 aliphatic carbocycles. The molecule has 1 aromatic rings. The maximum absolute atomic E-state index is 12.4. The van der Waals surface area contributed by atoms with Crippen LogP contribution in [0, 0.1) is 12.8 Å². The van der Waals surface area contributed by atoms with Gasteiger partial charge >= 0.3 is 0 Å². The first-order valence-electron chi connectivity index (χ1n) is 6.37. The van der Waals surface area contributed by atoms with Crippen molar-refractivity contribution in [1.29, 1.82) is 0 Å². The van der Waals surface area contributed by atoms with E-state index in [0.717, 1.165) is 24.9 Å². The lowest BCUT2D eigenvalue weighted by atomic mass is 9.98. The number of nitrogen functional groups attached to an aromatic ring is 1. The number of hydrogen-bond acceptors (Lipinski definition) is 3. The Hall–Kier alpha value is -1.55. The maximum Gasteiger partial charge on any atom is 0.253 e. The number of hydrogen-bond donors (Lipinski definition) is 2. The van der Waals surface area contributed by atoms with Crippen molar-refractivity contribution in [3.05, 3.63) is 29.3 Å². The molecule has 1 aliphatic heterocycles. The van der Waals surface area contributed by atoms with E-state index in [9.17, 15) is 9.90 Å². The van der Waals surface area contributed by atoms with Gasteiger partial charge in [0.15, 0.2) is 0 Å². The quantitative estimate of drug-likeness (QED) is 0.778. The van der Waals surface area contributed by atoms with Crippen LogP contribution in [0.5, 0.6) is 0 Å². The standard InChI is InChI=1S/C14H20N2O2/c1-10-5-12(7-13(15)6-10)14(18)16-4-2-3-11(8-16)9-17/h5-7,11,17H,2-4,8-9,15H2,1H3. The van der Waals surface area contributed by atoms with Crippen LogP contribution in [0.2, 0.25) is 0 Å². The van der Waals surface area contributed by atoms with Crippen molar-refractivity contribution in [1.82, 2.24) is 4.90 Å². The lowest BCUT2D eigenvalue weighted by molar-refractivity contribution is 0.0620. The Bertz CT molecular complexity index is 425. The van der Waals surface area contributed by atoms with Crippen LogP contribution >= 0.6 is 0 Å². The summed E-state index contributed by atoms with van der Waals surface area (Å²) in [6.07, 6.45) is 1.95. The molecule has 1 aromatic carbocycles. The van der Waals surface area contributed by atoms with Gasteiger partial charge in [-0.1, -0.05) is 0 Å². The van der Waals surface area contributed by atoms with Gasteiger partial charge in [0.2, 0.25) is 0 Å². The molecule has 1 unspecified atom stereocenters. The zero-order valence-corrected chi connectivity index (χ0v) is 10.7. The van der Waals surface area contributed by atoms with Crippen molar-refractivity contribution >= 4 is 11.6 Å². The minimum Gasteiger partial charge on any atom is -0.399 e. The molecular weight excluding hydrogens is 228 g/mol. The van der Waals surface area contributed by atoms with Gasteiger partial charge < -0.3 is 15.7 Å². The highest BCUT2D eigenvalue weighted by Gasteiger charge is 2.24. The maximum atomic E-state index is 12.4. The summed E-state index contributed by atoms with van der Waals surface area (Å²) in [5, 5.41) is 9.19. The molecule has 0 radical (unpaired) electrons. The Morgan fingerprint density at radius 3 is 2.94 bits per heavy atom. The summed E-state index contributed by atoms with van der Waals surface area (Å²) in [6.45, 7) is 3.49. The number of anilines is 1. The zero-order chi connectivity index (χ0) is 13.1. The molecule has 1 aliphatic rings. The SMILES string of the molecule is Cc1cc(N)cc(C(=O)N2CCCC(CO)C2)c1. The first-order chi connectivity index (χ1) is 8.60. The van der Waals surface area contributed by atoms with E-state index in [4.69, 9.17) is 5.73 Å². The number of nitrogens with zero attached hydrogens (tertiary/aromatic N) is 1. The molecule has 0 spiro atoms. The smallest absolute Gasteiger partial charge is 0.253 e. The number of likely N-dealkylation sites (tertiary alicyclic amines) is 1. The molecule has 2 rings (SSSR count). The van der Waals surface area contributed by atoms with Crippen LogP contribution in [0.1, 0.15) is 28.8 Å². The van der Waals surface area contributed by atoms with Gasteiger partial charge in [-0.15, -0.1) is 0 Å². The minimum atomic E-state index is 0.0172. The Morgan fingerprint density at radius 1 is 1.50 bits per heavy atom. The number of benzene rings is 1. The van der Waals surface area contributed by atoms with Gasteiger partial charge in [-0.25, -0.2) is 0 Å². The van der Waals surface area contributed by atoms with Gasteiger partial charge in [0.1, 0.15) is 0 Å². The number of carbonyl (C=O) groups is 1. The van der Waals surface area contributed by atoms with Crippen LogP contribution in [-0.2, 0) is 0 Å². The van der Waals surface area contributed by atoms with Crippen molar-refractivity contribution in [2.24, 2.45) is 5.92 Å². The van der Waals surface area contributed by atoms with Crippen molar-refractivity contribution in [2.75, 3.05) is 25.4 Å². The van der Waals surface area contributed by atoms with Gasteiger partial charge in [-0.3, -0.25) is 4.79 Å². The third-order valence-electron chi connectivity index (χ3n) is 3.41. The molecule has 1 fully saturated rings. The van der Waals surface area contributed by atoms with Gasteiger partial charge in [0.05, 0.1) is 0 Å². The van der Waals surface area contributed by atoms with Gasteiger partial charge in [0.25, 0.3) is 5.91 Å². The summed E-state index contributed by atoms with van der Waals surface area (Å²) in [7, 11) is 0. The van der Waals surface area contributed by atoms with Crippen molar-refractivity contribution in [3.63, 3.8) is 0 Å². The third-order valence-corrected chi connectivity index (χ3v) is 3.41. The molecule has 0 saturated carbocycles. The molecule has 1 heterocycles. The molecule has 18 heavy (non-hydrogen) atoms. The fraction of sp³-hybridized carbons (Fsp3) is 0.500. The Kier molecular flexibility index (Phi) is 3.87. The minimum absolute atomic E-state index is 0.0172. The number of nitrogens with two attached hydrogens (primary N) is 1. The zero-order valence-electron chi connectivity index (χ0n) is 10.7. The Balaban J connectivity index is 2.15. The van der Waals surface area contributed by atoms with E-state index >= 15 is 0 Å². The number of amides is 1. The number of rotatable bonds is 2. The van der Waals surface area contributed by atoms with Gasteiger partial charge in [0, 0.05) is 30.9 Å². The van der Waals surface area contributed by atoms with Gasteiger partial charge in [-0.05, 0) is 49.4 Å². The van der Waals surface area contributed by atoms with Crippen LogP contribution in [-0.4, -0.2) is 35.6 Å². The molecule has 4 heteroatoms. The number of carbonyl (C=O) groups excluding carboxylic acids is 1. The third kappa shape index (κ3) is 2.82. The first kappa shape index (κ1) is 12.9. The van der Waals surface area contributed by atoms with Crippen molar-refractivity contribution < 1.29 is 9.90 Å². The monoisotopic (exact) mass is 248 g/mol. The van der Waals surface area contributed by atoms with Crippen molar-refractivity contribution in [2.45, 2.75) is 19.8 Å². The van der Waals surface area contributed by atoms with Gasteiger partial charge in [-0.2, -0.15) is 0 Å². The molecule has 1 amide bonds. The van der Waals surface area contributed by atoms with Crippen LogP contribution in [0.15, 0.2) is 18.2 Å². The van der Waals surface area contributed by atoms with E-state index in [-0.39, 0.29) is 18.4 Å². The lowest BCUT2D eigenvalue weighted by Gasteiger charge is -2.32. The summed E-state index contributed by atoms with van der Waals surface area (Å²) >= 11 is 0. The van der Waals surface area contributed by atoms with E-state index in [1.165, 1.54) is 0 Å². The molecular formula is C14H20N2O2. The first-order valence-corrected chi connectivity index (χ1v) is 6.37. The Labute approximate surface area is 107 Å². The number of aliphatic hydroxyl groups is 1. The summed E-state index contributed by atoms with van der Waals surface area (Å²) in [6, 6.07) is 5.43. The Morgan fingerprint density at radius 2 is 2.28 bits per heavy atom. The molecule has 3 N–H and O–H groups in total. The number of aliphatic hydroxyl groups excluding tert-OH is 1. The average molecular weight is 248 g/mol. The van der Waals surface area contributed by atoms with Crippen molar-refractivity contribution in [3.8, 4) is 0 Å². The predicted octanol–water partition coefficient (Wildman–Crippen LogP) is 1.42. The second kappa shape index (κ2) is 5.40. The second-order valence-corrected chi connectivity index (χ2v) is 5.07. The molecule has 1 saturated heterocycles. The summed E-state index contributed by atoms with van der Waals surface area (Å²) < 4.78 is 0. The second-order valence-electron chi connectivity index (χ2n) is 5.07. The fourth-order valence-corrected chi connectivity index (χ4v) is 2.52. The van der Waals surface area contributed by atoms with Crippen LogP contribution < -0.4 is 5.73 Å². The van der Waals surface area contributed by atoms with E-state index in [1.807, 2.05) is 24.0 Å². The summed E-state index contributed by atoms with van der Waals surface area (Å²) in [5.74, 6) is 0.230. The molecule has 98 valence electrons. The summed E-state index contributed by atoms with van der Waals surface area (Å²) in [4.78, 5) is 14.2. The summed E-state index contributed by atoms with van der Waals surface area (Å²) in [5.41, 5.74) is 8.03. The number of aryl methyl sites for hydroxylation is 1. The molecule has 0 bridgehead atoms. The average Bonchev–Trinajstić information content (AvgIpc) is 2.37. The fourth-order valence-electron chi connectivity index (χ4n) is 2.52. The highest BCUT2D eigenvalue weighted by molar-refractivity contribution is 5.95. The van der Waals surface area contributed by atoms with Crippen LogP contribution in [0.4, 0.5) is 5.69 Å². The number of piperidine rings is 1. The highest BCUT2D eigenvalue weighted by Crippen LogP contribution is 2.19. The van der Waals surface area contributed by atoms with E-state index in [0.29, 0.717) is 17.8 Å². The molecule has 0 aromatic heterocycles. The molecule has 1 atom stereocenters. The van der Waals surface area contributed by atoms with Crippen LogP contribution in [0.3, 0.4) is 0 Å². The van der Waals surface area contributed by atoms with Crippen LogP contribution in [0.25, 0.3) is 0 Å². The lowest BCUT2D eigenvalue weighted by Crippen LogP contribution is -2.41. The normalized spacial score (nSPS) is 19.9. The highest BCUT2D eigenvalue weighted by atomic mass is 16.3. The largest absolute Gasteiger partial charge is 0.399 e. The predicted molar refractivity (Wildman–Crippen MR) is 71.3 cm³/mol. The van der Waals surface area contributed by atoms with E-state index in [2.05, 4.69) is 0 Å². The molecule has 4 nitrogen and oxygen atoms in total. The van der Waals surface area contributed by atoms with E-state index in [1.54, 1.807) is 6.07 Å². The topological polar surface area (TPSA) is 66.6 Å².